The van der Waals surface area contributed by atoms with Crippen LogP contribution in [-0.2, 0) is 6.42 Å². The van der Waals surface area contributed by atoms with E-state index in [2.05, 4.69) is 38.4 Å². The molecule has 0 aliphatic carbocycles. The van der Waals surface area contributed by atoms with Crippen LogP contribution in [0.15, 0.2) is 64.5 Å². The highest BCUT2D eigenvalue weighted by atomic mass is 79.9. The molecule has 3 aromatic rings. The van der Waals surface area contributed by atoms with Gasteiger partial charge in [-0.05, 0) is 28.1 Å². The first-order chi connectivity index (χ1) is 11.2. The molecular formula is C18H15BrN2OS. The van der Waals surface area contributed by atoms with Crippen LogP contribution in [0.2, 0.25) is 0 Å². The van der Waals surface area contributed by atoms with Gasteiger partial charge in [-0.3, -0.25) is 4.79 Å². The van der Waals surface area contributed by atoms with Crippen LogP contribution in [0.3, 0.4) is 0 Å². The number of benzene rings is 2. The molecule has 0 spiro atoms. The van der Waals surface area contributed by atoms with Gasteiger partial charge in [-0.2, -0.15) is 0 Å². The Hall–Kier alpha value is -1.98. The molecule has 2 aromatic carbocycles. The van der Waals surface area contributed by atoms with Gasteiger partial charge < -0.3 is 5.32 Å². The first kappa shape index (κ1) is 15.9. The molecule has 1 amide bonds. The van der Waals surface area contributed by atoms with E-state index in [1.807, 2.05) is 41.8 Å². The Bertz CT molecular complexity index is 802. The molecule has 3 nitrogen and oxygen atoms in total. The van der Waals surface area contributed by atoms with Gasteiger partial charge in [0.05, 0.1) is 11.3 Å². The van der Waals surface area contributed by atoms with Crippen molar-refractivity contribution < 1.29 is 4.79 Å². The van der Waals surface area contributed by atoms with Crippen molar-refractivity contribution >= 4 is 33.2 Å². The summed E-state index contributed by atoms with van der Waals surface area (Å²) in [6.45, 7) is 0.568. The molecule has 0 radical (unpaired) electrons. The first-order valence-corrected chi connectivity index (χ1v) is 8.94. The predicted octanol–water partition coefficient (Wildman–Crippen LogP) is 4.55. The molecule has 0 saturated heterocycles. The standard InChI is InChI=1S/C18H15BrN2OS/c19-16-9-5-4-8-15(16)17(22)20-11-10-14-12-23-18(21-14)13-6-2-1-3-7-13/h1-9,12H,10-11H2,(H,20,22). The number of nitrogens with zero attached hydrogens (tertiary/aromatic N) is 1. The fraction of sp³-hybridized carbons (Fsp3) is 0.111. The third kappa shape index (κ3) is 4.06. The number of carbonyl (C=O) groups is 1. The van der Waals surface area contributed by atoms with Gasteiger partial charge in [0.15, 0.2) is 0 Å². The second kappa shape index (κ2) is 7.53. The summed E-state index contributed by atoms with van der Waals surface area (Å²) in [6, 6.07) is 17.5. The number of hydrogen-bond acceptors (Lipinski definition) is 3. The van der Waals surface area contributed by atoms with Crippen LogP contribution in [0.4, 0.5) is 0 Å². The number of nitrogens with one attached hydrogen (secondary N) is 1. The van der Waals surface area contributed by atoms with Crippen LogP contribution in [0.1, 0.15) is 16.1 Å². The number of halogens is 1. The highest BCUT2D eigenvalue weighted by molar-refractivity contribution is 9.10. The van der Waals surface area contributed by atoms with Crippen molar-refractivity contribution in [2.45, 2.75) is 6.42 Å². The number of hydrogen-bond donors (Lipinski definition) is 1. The van der Waals surface area contributed by atoms with Gasteiger partial charge in [-0.25, -0.2) is 4.98 Å². The fourth-order valence-corrected chi connectivity index (χ4v) is 3.50. The van der Waals surface area contributed by atoms with Gasteiger partial charge in [-0.15, -0.1) is 11.3 Å². The summed E-state index contributed by atoms with van der Waals surface area (Å²) in [4.78, 5) is 16.7. The molecule has 0 bridgehead atoms. The zero-order valence-corrected chi connectivity index (χ0v) is 14.7. The van der Waals surface area contributed by atoms with E-state index in [0.717, 1.165) is 27.2 Å². The summed E-state index contributed by atoms with van der Waals surface area (Å²) in [6.07, 6.45) is 0.722. The minimum atomic E-state index is -0.0732. The van der Waals surface area contributed by atoms with Gasteiger partial charge in [0.25, 0.3) is 5.91 Å². The third-order valence-corrected chi connectivity index (χ3v) is 4.99. The van der Waals surface area contributed by atoms with Crippen molar-refractivity contribution in [2.75, 3.05) is 6.54 Å². The van der Waals surface area contributed by atoms with Gasteiger partial charge >= 0.3 is 0 Å². The lowest BCUT2D eigenvalue weighted by Gasteiger charge is -2.05. The Balaban J connectivity index is 1.56. The molecular weight excluding hydrogens is 372 g/mol. The Kier molecular flexibility index (Phi) is 5.20. The summed E-state index contributed by atoms with van der Waals surface area (Å²) in [5, 5.41) is 5.99. The van der Waals surface area contributed by atoms with Crippen LogP contribution in [0, 0.1) is 0 Å². The number of aromatic nitrogens is 1. The minimum absolute atomic E-state index is 0.0732. The molecule has 1 aromatic heterocycles. The SMILES string of the molecule is O=C(NCCc1csc(-c2ccccc2)n1)c1ccccc1Br. The van der Waals surface area contributed by atoms with Crippen LogP contribution >= 0.6 is 27.3 Å². The lowest BCUT2D eigenvalue weighted by Crippen LogP contribution is -2.26. The Morgan fingerprint density at radius 2 is 1.83 bits per heavy atom. The summed E-state index contributed by atoms with van der Waals surface area (Å²) in [7, 11) is 0. The molecule has 5 heteroatoms. The average Bonchev–Trinajstić information content (AvgIpc) is 3.05. The summed E-state index contributed by atoms with van der Waals surface area (Å²) in [5.41, 5.74) is 2.78. The topological polar surface area (TPSA) is 42.0 Å². The molecule has 1 heterocycles. The Morgan fingerprint density at radius 1 is 1.09 bits per heavy atom. The second-order valence-corrected chi connectivity index (χ2v) is 6.71. The second-order valence-electron chi connectivity index (χ2n) is 5.00. The molecule has 1 N–H and O–H groups in total. The highest BCUT2D eigenvalue weighted by Gasteiger charge is 2.09. The zero-order chi connectivity index (χ0) is 16.1. The van der Waals surface area contributed by atoms with Crippen LogP contribution in [0.25, 0.3) is 10.6 Å². The maximum atomic E-state index is 12.1. The Morgan fingerprint density at radius 3 is 2.61 bits per heavy atom. The van der Waals surface area contributed by atoms with E-state index in [-0.39, 0.29) is 5.91 Å². The third-order valence-electron chi connectivity index (χ3n) is 3.36. The van der Waals surface area contributed by atoms with E-state index >= 15 is 0 Å². The molecule has 0 aliphatic heterocycles. The van der Waals surface area contributed by atoms with Gasteiger partial charge in [0.1, 0.15) is 5.01 Å². The van der Waals surface area contributed by atoms with E-state index in [0.29, 0.717) is 12.1 Å². The molecule has 3 rings (SSSR count). The fourth-order valence-electron chi connectivity index (χ4n) is 2.18. The van der Waals surface area contributed by atoms with Gasteiger partial charge in [-0.1, -0.05) is 42.5 Å². The van der Waals surface area contributed by atoms with Crippen molar-refractivity contribution in [3.63, 3.8) is 0 Å². The predicted molar refractivity (Wildman–Crippen MR) is 97.7 cm³/mol. The zero-order valence-electron chi connectivity index (χ0n) is 12.3. The largest absolute Gasteiger partial charge is 0.352 e. The van der Waals surface area contributed by atoms with Gasteiger partial charge in [0.2, 0.25) is 0 Å². The lowest BCUT2D eigenvalue weighted by molar-refractivity contribution is 0.0953. The molecule has 23 heavy (non-hydrogen) atoms. The van der Waals surface area contributed by atoms with E-state index in [9.17, 15) is 4.79 Å². The van der Waals surface area contributed by atoms with E-state index in [1.54, 1.807) is 17.4 Å². The summed E-state index contributed by atoms with van der Waals surface area (Å²) in [5.74, 6) is -0.0732. The summed E-state index contributed by atoms with van der Waals surface area (Å²) >= 11 is 5.02. The Labute approximate surface area is 147 Å². The van der Waals surface area contributed by atoms with E-state index in [1.165, 1.54) is 0 Å². The van der Waals surface area contributed by atoms with Crippen molar-refractivity contribution in [1.29, 1.82) is 0 Å². The lowest BCUT2D eigenvalue weighted by atomic mass is 10.2. The van der Waals surface area contributed by atoms with Crippen molar-refractivity contribution in [1.82, 2.24) is 10.3 Å². The maximum Gasteiger partial charge on any atom is 0.252 e. The highest BCUT2D eigenvalue weighted by Crippen LogP contribution is 2.23. The normalized spacial score (nSPS) is 10.5. The molecule has 0 saturated carbocycles. The number of carbonyl (C=O) groups excluding carboxylic acids is 1. The van der Waals surface area contributed by atoms with Gasteiger partial charge in [0, 0.05) is 28.4 Å². The van der Waals surface area contributed by atoms with Crippen LogP contribution in [0.5, 0.6) is 0 Å². The van der Waals surface area contributed by atoms with Crippen LogP contribution in [-0.4, -0.2) is 17.4 Å². The minimum Gasteiger partial charge on any atom is -0.352 e. The molecule has 0 aliphatic rings. The van der Waals surface area contributed by atoms with Crippen molar-refractivity contribution in [3.05, 3.63) is 75.7 Å². The molecule has 0 unspecified atom stereocenters. The quantitative estimate of drug-likeness (QED) is 0.698. The maximum absolute atomic E-state index is 12.1. The van der Waals surface area contributed by atoms with Crippen LogP contribution < -0.4 is 5.32 Å². The molecule has 0 atom stereocenters. The monoisotopic (exact) mass is 386 g/mol. The summed E-state index contributed by atoms with van der Waals surface area (Å²) < 4.78 is 0.803. The average molecular weight is 387 g/mol. The van der Waals surface area contributed by atoms with E-state index < -0.39 is 0 Å². The molecule has 116 valence electrons. The van der Waals surface area contributed by atoms with E-state index in [4.69, 9.17) is 0 Å². The smallest absolute Gasteiger partial charge is 0.252 e. The number of amides is 1. The number of rotatable bonds is 5. The van der Waals surface area contributed by atoms with Crippen molar-refractivity contribution in [2.24, 2.45) is 0 Å². The van der Waals surface area contributed by atoms with Crippen molar-refractivity contribution in [3.8, 4) is 10.6 Å². The first-order valence-electron chi connectivity index (χ1n) is 7.26. The molecule has 0 fully saturated rings. The number of thiazole rings is 1.